The highest BCUT2D eigenvalue weighted by atomic mass is 32.2. The van der Waals surface area contributed by atoms with E-state index in [1.54, 1.807) is 6.92 Å². The molecule has 6 nitrogen and oxygen atoms in total. The zero-order valence-corrected chi connectivity index (χ0v) is 11.8. The van der Waals surface area contributed by atoms with Crippen molar-refractivity contribution in [2.45, 2.75) is 11.8 Å². The van der Waals surface area contributed by atoms with E-state index in [1.165, 1.54) is 24.4 Å². The molecule has 0 aliphatic carbocycles. The molecule has 0 aliphatic rings. The largest absolute Gasteiger partial charge is 0.322 e. The van der Waals surface area contributed by atoms with Gasteiger partial charge in [0.05, 0.1) is 16.7 Å². The third-order valence-corrected chi connectivity index (χ3v) is 3.78. The lowest BCUT2D eigenvalue weighted by atomic mass is 10.2. The first-order chi connectivity index (χ1) is 9.77. The third-order valence-electron chi connectivity index (χ3n) is 2.71. The van der Waals surface area contributed by atoms with Gasteiger partial charge in [-0.2, -0.15) is 0 Å². The van der Waals surface area contributed by atoms with Gasteiger partial charge in [0, 0.05) is 11.9 Å². The summed E-state index contributed by atoms with van der Waals surface area (Å²) in [6, 6.07) is 5.21. The van der Waals surface area contributed by atoms with E-state index in [9.17, 15) is 17.6 Å². The number of hydrogen-bond acceptors (Lipinski definition) is 4. The zero-order chi connectivity index (χ0) is 15.6. The molecule has 0 unspecified atom stereocenters. The van der Waals surface area contributed by atoms with Crippen LogP contribution in [-0.4, -0.2) is 19.3 Å². The van der Waals surface area contributed by atoms with Gasteiger partial charge in [0.15, 0.2) is 0 Å². The van der Waals surface area contributed by atoms with E-state index in [2.05, 4.69) is 10.3 Å². The van der Waals surface area contributed by atoms with Crippen LogP contribution >= 0.6 is 0 Å². The van der Waals surface area contributed by atoms with Gasteiger partial charge in [-0.3, -0.25) is 9.78 Å². The molecule has 1 aromatic heterocycles. The van der Waals surface area contributed by atoms with Crippen LogP contribution in [0.2, 0.25) is 0 Å². The van der Waals surface area contributed by atoms with Crippen LogP contribution in [-0.2, 0) is 10.0 Å². The van der Waals surface area contributed by atoms with Gasteiger partial charge in [0.25, 0.3) is 5.91 Å². The lowest BCUT2D eigenvalue weighted by molar-refractivity contribution is 0.102. The number of carbonyl (C=O) groups excluding carboxylic acids is 1. The van der Waals surface area contributed by atoms with Crippen LogP contribution in [0.25, 0.3) is 0 Å². The molecular weight excluding hydrogens is 297 g/mol. The molecule has 0 saturated carbocycles. The van der Waals surface area contributed by atoms with Crippen molar-refractivity contribution in [3.8, 4) is 0 Å². The molecule has 0 fully saturated rings. The van der Waals surface area contributed by atoms with Crippen molar-refractivity contribution >= 4 is 21.6 Å². The van der Waals surface area contributed by atoms with Crippen LogP contribution in [0.1, 0.15) is 15.9 Å². The minimum absolute atomic E-state index is 0.0204. The van der Waals surface area contributed by atoms with Crippen LogP contribution in [0, 0.1) is 12.7 Å². The first-order valence-corrected chi connectivity index (χ1v) is 7.37. The van der Waals surface area contributed by atoms with E-state index in [4.69, 9.17) is 5.14 Å². The lowest BCUT2D eigenvalue weighted by Crippen LogP contribution is -2.15. The minimum atomic E-state index is -3.81. The Morgan fingerprint density at radius 1 is 1.29 bits per heavy atom. The summed E-state index contributed by atoms with van der Waals surface area (Å²) in [6.07, 6.45) is 2.21. The normalized spacial score (nSPS) is 11.2. The number of nitrogens with one attached hydrogen (secondary N) is 1. The number of aromatic nitrogens is 1. The second-order valence-electron chi connectivity index (χ2n) is 4.37. The number of nitrogens with two attached hydrogens (primary N) is 1. The average Bonchev–Trinajstić information content (AvgIpc) is 2.37. The molecule has 1 amide bonds. The number of halogens is 1. The Bertz CT molecular complexity index is 806. The SMILES string of the molecule is Cc1cc(NC(=O)c2cncc(F)c2)ccc1S(N)(=O)=O. The number of carbonyl (C=O) groups is 1. The average molecular weight is 309 g/mol. The Morgan fingerprint density at radius 3 is 2.57 bits per heavy atom. The number of hydrogen-bond donors (Lipinski definition) is 2. The number of pyridine rings is 1. The van der Waals surface area contributed by atoms with Gasteiger partial charge in [-0.1, -0.05) is 0 Å². The van der Waals surface area contributed by atoms with E-state index >= 15 is 0 Å². The zero-order valence-electron chi connectivity index (χ0n) is 11.0. The molecule has 2 aromatic rings. The summed E-state index contributed by atoms with van der Waals surface area (Å²) in [5.41, 5.74) is 0.824. The molecule has 0 aliphatic heterocycles. The van der Waals surface area contributed by atoms with Crippen LogP contribution < -0.4 is 10.5 Å². The molecule has 0 atom stereocenters. The fourth-order valence-corrected chi connectivity index (χ4v) is 2.55. The van der Waals surface area contributed by atoms with Crippen molar-refractivity contribution in [1.29, 1.82) is 0 Å². The van der Waals surface area contributed by atoms with Crippen molar-refractivity contribution in [2.75, 3.05) is 5.32 Å². The number of benzene rings is 1. The van der Waals surface area contributed by atoms with Crippen molar-refractivity contribution in [3.05, 3.63) is 53.6 Å². The van der Waals surface area contributed by atoms with Gasteiger partial charge in [0.2, 0.25) is 10.0 Å². The highest BCUT2D eigenvalue weighted by Crippen LogP contribution is 2.19. The fraction of sp³-hybridized carbons (Fsp3) is 0.0769. The van der Waals surface area contributed by atoms with E-state index in [0.29, 0.717) is 11.3 Å². The first-order valence-electron chi connectivity index (χ1n) is 5.83. The van der Waals surface area contributed by atoms with Crippen LogP contribution in [0.5, 0.6) is 0 Å². The monoisotopic (exact) mass is 309 g/mol. The highest BCUT2D eigenvalue weighted by Gasteiger charge is 2.13. The van der Waals surface area contributed by atoms with Gasteiger partial charge < -0.3 is 5.32 Å². The number of nitrogens with zero attached hydrogens (tertiary/aromatic N) is 1. The van der Waals surface area contributed by atoms with Crippen molar-refractivity contribution in [2.24, 2.45) is 5.14 Å². The topological polar surface area (TPSA) is 102 Å². The second-order valence-corrected chi connectivity index (χ2v) is 5.90. The molecule has 1 heterocycles. The van der Waals surface area contributed by atoms with Gasteiger partial charge in [0.1, 0.15) is 5.82 Å². The molecule has 21 heavy (non-hydrogen) atoms. The fourth-order valence-electron chi connectivity index (χ4n) is 1.79. The molecule has 0 saturated heterocycles. The minimum Gasteiger partial charge on any atom is -0.322 e. The predicted molar refractivity (Wildman–Crippen MR) is 74.7 cm³/mol. The molecule has 8 heteroatoms. The van der Waals surface area contributed by atoms with Crippen molar-refractivity contribution in [3.63, 3.8) is 0 Å². The molecule has 0 radical (unpaired) electrons. The quantitative estimate of drug-likeness (QED) is 0.895. The number of aryl methyl sites for hydroxylation is 1. The lowest BCUT2D eigenvalue weighted by Gasteiger charge is -2.08. The highest BCUT2D eigenvalue weighted by molar-refractivity contribution is 7.89. The number of primary sulfonamides is 1. The second kappa shape index (κ2) is 5.58. The Labute approximate surface area is 120 Å². The number of anilines is 1. The summed E-state index contributed by atoms with van der Waals surface area (Å²) in [6.45, 7) is 1.55. The van der Waals surface area contributed by atoms with E-state index < -0.39 is 21.7 Å². The smallest absolute Gasteiger partial charge is 0.257 e. The predicted octanol–water partition coefficient (Wildman–Crippen LogP) is 1.43. The van der Waals surface area contributed by atoms with Crippen LogP contribution in [0.3, 0.4) is 0 Å². The molecule has 1 aromatic carbocycles. The molecule has 110 valence electrons. The third kappa shape index (κ3) is 3.61. The maximum Gasteiger partial charge on any atom is 0.257 e. The number of rotatable bonds is 3. The summed E-state index contributed by atoms with van der Waals surface area (Å²) in [5.74, 6) is -1.17. The number of sulfonamides is 1. The first kappa shape index (κ1) is 15.1. The van der Waals surface area contributed by atoms with Crippen LogP contribution in [0.4, 0.5) is 10.1 Å². The standard InChI is InChI=1S/C13H12FN3O3S/c1-8-4-11(2-3-12(8)21(15,19)20)17-13(18)9-5-10(14)7-16-6-9/h2-7H,1H3,(H,17,18)(H2,15,19,20). The molecule has 3 N–H and O–H groups in total. The molecule has 0 spiro atoms. The Morgan fingerprint density at radius 2 is 2.00 bits per heavy atom. The molecular formula is C13H12FN3O3S. The van der Waals surface area contributed by atoms with Crippen LogP contribution in [0.15, 0.2) is 41.6 Å². The molecule has 0 bridgehead atoms. The van der Waals surface area contributed by atoms with Gasteiger partial charge in [-0.05, 0) is 36.8 Å². The van der Waals surface area contributed by atoms with Crippen molar-refractivity contribution in [1.82, 2.24) is 4.98 Å². The Hall–Kier alpha value is -2.32. The van der Waals surface area contributed by atoms with E-state index in [0.717, 1.165) is 12.3 Å². The summed E-state index contributed by atoms with van der Waals surface area (Å²) in [7, 11) is -3.81. The summed E-state index contributed by atoms with van der Waals surface area (Å²) >= 11 is 0. The van der Waals surface area contributed by atoms with E-state index in [1.807, 2.05) is 0 Å². The summed E-state index contributed by atoms with van der Waals surface area (Å²) in [5, 5.41) is 7.58. The van der Waals surface area contributed by atoms with Crippen molar-refractivity contribution < 1.29 is 17.6 Å². The van der Waals surface area contributed by atoms with Gasteiger partial charge in [-0.15, -0.1) is 0 Å². The summed E-state index contributed by atoms with van der Waals surface area (Å²) < 4.78 is 35.6. The van der Waals surface area contributed by atoms with Gasteiger partial charge in [-0.25, -0.2) is 17.9 Å². The van der Waals surface area contributed by atoms with E-state index in [-0.39, 0.29) is 10.5 Å². The maximum atomic E-state index is 13.0. The summed E-state index contributed by atoms with van der Waals surface area (Å²) in [4.78, 5) is 15.5. The maximum absolute atomic E-state index is 13.0. The molecule has 2 rings (SSSR count). The van der Waals surface area contributed by atoms with Gasteiger partial charge >= 0.3 is 0 Å². The Kier molecular flexibility index (Phi) is 4.01. The number of amides is 1. The Balaban J connectivity index is 2.25.